The number of thiophene rings is 1. The van der Waals surface area contributed by atoms with Gasteiger partial charge in [0.1, 0.15) is 0 Å². The van der Waals surface area contributed by atoms with Gasteiger partial charge in [-0.25, -0.2) is 8.42 Å². The first-order chi connectivity index (χ1) is 8.99. The molecule has 1 aromatic heterocycles. The Balaban J connectivity index is 2.12. The first-order valence-corrected chi connectivity index (χ1v) is 8.55. The van der Waals surface area contributed by atoms with Gasteiger partial charge in [0.2, 0.25) is 10.0 Å². The van der Waals surface area contributed by atoms with E-state index in [-0.39, 0.29) is 5.75 Å². The van der Waals surface area contributed by atoms with Crippen molar-refractivity contribution in [2.75, 3.05) is 7.05 Å². The van der Waals surface area contributed by atoms with Crippen LogP contribution in [0.4, 0.5) is 0 Å². The van der Waals surface area contributed by atoms with Crippen LogP contribution in [0.3, 0.4) is 0 Å². The number of rotatable bonds is 5. The molecule has 19 heavy (non-hydrogen) atoms. The summed E-state index contributed by atoms with van der Waals surface area (Å²) in [5, 5.41) is 2.42. The molecule has 0 aliphatic heterocycles. The van der Waals surface area contributed by atoms with E-state index in [4.69, 9.17) is 11.6 Å². The molecule has 0 amide bonds. The lowest BCUT2D eigenvalue weighted by Gasteiger charge is -2.16. The maximum absolute atomic E-state index is 12.3. The number of benzene rings is 1. The third-order valence-corrected chi connectivity index (χ3v) is 5.71. The molecule has 0 saturated carbocycles. The standard InChI is InChI=1S/C13H14ClNO2S2/c1-15(9-12-6-4-8-18-12)19(16,17)10-11-5-2-3-7-13(11)14/h2-8H,9-10H2,1H3. The highest BCUT2D eigenvalue weighted by Crippen LogP contribution is 2.20. The minimum Gasteiger partial charge on any atom is -0.212 e. The summed E-state index contributed by atoms with van der Waals surface area (Å²) < 4.78 is 25.9. The molecule has 2 aromatic rings. The average molecular weight is 316 g/mol. The molecule has 0 unspecified atom stereocenters. The summed E-state index contributed by atoms with van der Waals surface area (Å²) in [6.45, 7) is 0.393. The second-order valence-corrected chi connectivity index (χ2v) is 7.70. The molecule has 0 spiro atoms. The zero-order chi connectivity index (χ0) is 13.9. The number of sulfonamides is 1. The summed E-state index contributed by atoms with van der Waals surface area (Å²) in [5.74, 6) is -0.0749. The topological polar surface area (TPSA) is 37.4 Å². The molecule has 102 valence electrons. The second kappa shape index (κ2) is 6.05. The van der Waals surface area contributed by atoms with E-state index < -0.39 is 10.0 Å². The van der Waals surface area contributed by atoms with Crippen LogP contribution in [-0.4, -0.2) is 19.8 Å². The van der Waals surface area contributed by atoms with E-state index in [0.717, 1.165) is 4.88 Å². The van der Waals surface area contributed by atoms with Crippen LogP contribution in [-0.2, 0) is 22.3 Å². The van der Waals surface area contributed by atoms with Crippen molar-refractivity contribution in [3.63, 3.8) is 0 Å². The first-order valence-electron chi connectivity index (χ1n) is 5.69. The lowest BCUT2D eigenvalue weighted by atomic mass is 10.2. The molecule has 0 fully saturated rings. The fraction of sp³-hybridized carbons (Fsp3) is 0.231. The molecule has 1 heterocycles. The van der Waals surface area contributed by atoms with Crippen LogP contribution >= 0.6 is 22.9 Å². The van der Waals surface area contributed by atoms with E-state index in [9.17, 15) is 8.42 Å². The van der Waals surface area contributed by atoms with Crippen LogP contribution in [0.2, 0.25) is 5.02 Å². The van der Waals surface area contributed by atoms with E-state index in [2.05, 4.69) is 0 Å². The van der Waals surface area contributed by atoms with Gasteiger partial charge in [-0.15, -0.1) is 11.3 Å². The van der Waals surface area contributed by atoms with Crippen molar-refractivity contribution in [2.45, 2.75) is 12.3 Å². The van der Waals surface area contributed by atoms with Gasteiger partial charge >= 0.3 is 0 Å². The zero-order valence-electron chi connectivity index (χ0n) is 10.4. The van der Waals surface area contributed by atoms with Gasteiger partial charge in [-0.2, -0.15) is 4.31 Å². The van der Waals surface area contributed by atoms with Crippen molar-refractivity contribution in [3.8, 4) is 0 Å². The molecule has 6 heteroatoms. The van der Waals surface area contributed by atoms with Gasteiger partial charge in [-0.1, -0.05) is 35.9 Å². The summed E-state index contributed by atoms with van der Waals surface area (Å²) >= 11 is 7.54. The van der Waals surface area contributed by atoms with Crippen molar-refractivity contribution in [1.82, 2.24) is 4.31 Å². The molecule has 1 aromatic carbocycles. The third kappa shape index (κ3) is 3.79. The summed E-state index contributed by atoms with van der Waals surface area (Å²) in [6.07, 6.45) is 0. The maximum Gasteiger partial charge on any atom is 0.218 e. The van der Waals surface area contributed by atoms with Gasteiger partial charge < -0.3 is 0 Å². The van der Waals surface area contributed by atoms with Crippen molar-refractivity contribution >= 4 is 33.0 Å². The van der Waals surface area contributed by atoms with E-state index in [1.807, 2.05) is 17.5 Å². The number of hydrogen-bond acceptors (Lipinski definition) is 3. The molecule has 3 nitrogen and oxygen atoms in total. The molecule has 0 N–H and O–H groups in total. The molecule has 0 aliphatic carbocycles. The van der Waals surface area contributed by atoms with E-state index in [1.54, 1.807) is 42.6 Å². The molecular formula is C13H14ClNO2S2. The summed E-state index contributed by atoms with van der Waals surface area (Å²) in [5.41, 5.74) is 0.627. The van der Waals surface area contributed by atoms with Crippen LogP contribution in [0.25, 0.3) is 0 Å². The Bertz CT molecular complexity index is 638. The van der Waals surface area contributed by atoms with Crippen LogP contribution in [0.5, 0.6) is 0 Å². The number of nitrogens with zero attached hydrogens (tertiary/aromatic N) is 1. The van der Waals surface area contributed by atoms with Crippen LogP contribution in [0, 0.1) is 0 Å². The fourth-order valence-corrected chi connectivity index (χ4v) is 3.96. The Labute approximate surface area is 122 Å². The van der Waals surface area contributed by atoms with Crippen molar-refractivity contribution in [1.29, 1.82) is 0 Å². The predicted molar refractivity (Wildman–Crippen MR) is 79.9 cm³/mol. The van der Waals surface area contributed by atoms with Gasteiger partial charge in [-0.3, -0.25) is 0 Å². The molecule has 0 radical (unpaired) electrons. The van der Waals surface area contributed by atoms with Gasteiger partial charge in [0.15, 0.2) is 0 Å². The van der Waals surface area contributed by atoms with Gasteiger partial charge in [0.25, 0.3) is 0 Å². The predicted octanol–water partition coefficient (Wildman–Crippen LogP) is 3.36. The summed E-state index contributed by atoms with van der Waals surface area (Å²) in [6, 6.07) is 10.8. The maximum atomic E-state index is 12.3. The minimum absolute atomic E-state index is 0.0749. The highest BCUT2D eigenvalue weighted by molar-refractivity contribution is 7.88. The Morgan fingerprint density at radius 2 is 1.95 bits per heavy atom. The smallest absolute Gasteiger partial charge is 0.212 e. The van der Waals surface area contributed by atoms with E-state index in [1.165, 1.54) is 4.31 Å². The zero-order valence-corrected chi connectivity index (χ0v) is 12.8. The number of halogens is 1. The average Bonchev–Trinajstić information content (AvgIpc) is 2.84. The SMILES string of the molecule is CN(Cc1cccs1)S(=O)(=O)Cc1ccccc1Cl. The van der Waals surface area contributed by atoms with E-state index in [0.29, 0.717) is 17.1 Å². The van der Waals surface area contributed by atoms with Crippen molar-refractivity contribution < 1.29 is 8.42 Å². The Kier molecular flexibility index (Phi) is 4.62. The largest absolute Gasteiger partial charge is 0.218 e. The highest BCUT2D eigenvalue weighted by Gasteiger charge is 2.20. The quantitative estimate of drug-likeness (QED) is 0.848. The second-order valence-electron chi connectivity index (χ2n) is 4.18. The molecule has 0 bridgehead atoms. The molecule has 0 aliphatic rings. The monoisotopic (exact) mass is 315 g/mol. The lowest BCUT2D eigenvalue weighted by molar-refractivity contribution is 0.469. The van der Waals surface area contributed by atoms with Gasteiger partial charge in [0, 0.05) is 23.5 Å². The Hall–Kier alpha value is -0.880. The van der Waals surface area contributed by atoms with Crippen LogP contribution in [0.15, 0.2) is 41.8 Å². The van der Waals surface area contributed by atoms with Crippen molar-refractivity contribution in [3.05, 3.63) is 57.2 Å². The third-order valence-electron chi connectivity index (χ3n) is 2.73. The summed E-state index contributed by atoms with van der Waals surface area (Å²) in [4.78, 5) is 1.02. The number of hydrogen-bond donors (Lipinski definition) is 0. The lowest BCUT2D eigenvalue weighted by Crippen LogP contribution is -2.27. The van der Waals surface area contributed by atoms with Crippen LogP contribution < -0.4 is 0 Å². The molecular weight excluding hydrogens is 302 g/mol. The summed E-state index contributed by atoms with van der Waals surface area (Å²) in [7, 11) is -1.77. The minimum atomic E-state index is -3.36. The Morgan fingerprint density at radius 3 is 2.58 bits per heavy atom. The van der Waals surface area contributed by atoms with Crippen LogP contribution in [0.1, 0.15) is 10.4 Å². The molecule has 0 atom stereocenters. The molecule has 0 saturated heterocycles. The Morgan fingerprint density at radius 1 is 1.21 bits per heavy atom. The first kappa shape index (κ1) is 14.5. The van der Waals surface area contributed by atoms with E-state index >= 15 is 0 Å². The highest BCUT2D eigenvalue weighted by atomic mass is 35.5. The van der Waals surface area contributed by atoms with Crippen molar-refractivity contribution in [2.24, 2.45) is 0 Å². The molecule has 2 rings (SSSR count). The van der Waals surface area contributed by atoms with Gasteiger partial charge in [-0.05, 0) is 23.1 Å². The fourth-order valence-electron chi connectivity index (χ4n) is 1.64. The normalized spacial score (nSPS) is 11.9. The van der Waals surface area contributed by atoms with Gasteiger partial charge in [0.05, 0.1) is 5.75 Å².